The Balaban J connectivity index is 1.43. The number of fused-ring (bicyclic) bond motifs is 1. The second-order valence-corrected chi connectivity index (χ2v) is 8.01. The van der Waals surface area contributed by atoms with E-state index in [1.54, 1.807) is 20.8 Å². The minimum Gasteiger partial charge on any atom is -0.434 e. The Morgan fingerprint density at radius 3 is 2.03 bits per heavy atom. The highest BCUT2D eigenvalue weighted by molar-refractivity contribution is 6.22. The van der Waals surface area contributed by atoms with E-state index in [0.717, 1.165) is 0 Å². The standard InChI is InChI=1S/C25H27N3O7/c1-4-34-25(33)35-18-9-6-16(7-10-18)21(29)26-12-5-13-27-22(30)17-8-11-19-20(14-17)24(32)28(15(2)3)23(19)31/h6-11,14-15H,4-5,12-13H2,1-3H3,(H,26,29)(H,27,30). The second kappa shape index (κ2) is 11.3. The highest BCUT2D eigenvalue weighted by Gasteiger charge is 2.37. The molecule has 0 saturated carbocycles. The molecule has 2 aromatic carbocycles. The predicted octanol–water partition coefficient (Wildman–Crippen LogP) is 2.78. The molecule has 1 aliphatic rings. The predicted molar refractivity (Wildman–Crippen MR) is 125 cm³/mol. The van der Waals surface area contributed by atoms with E-state index < -0.39 is 12.1 Å². The zero-order valence-corrected chi connectivity index (χ0v) is 19.8. The van der Waals surface area contributed by atoms with E-state index in [-0.39, 0.29) is 47.2 Å². The molecule has 10 heteroatoms. The van der Waals surface area contributed by atoms with E-state index >= 15 is 0 Å². The van der Waals surface area contributed by atoms with Crippen molar-refractivity contribution < 1.29 is 33.4 Å². The summed E-state index contributed by atoms with van der Waals surface area (Å²) in [7, 11) is 0. The van der Waals surface area contributed by atoms with Crippen LogP contribution in [0.15, 0.2) is 42.5 Å². The molecule has 0 saturated heterocycles. The number of benzene rings is 2. The molecule has 1 heterocycles. The van der Waals surface area contributed by atoms with Crippen LogP contribution in [0.2, 0.25) is 0 Å². The van der Waals surface area contributed by atoms with Gasteiger partial charge in [0.15, 0.2) is 0 Å². The maximum Gasteiger partial charge on any atom is 0.513 e. The number of hydrogen-bond acceptors (Lipinski definition) is 7. The van der Waals surface area contributed by atoms with Gasteiger partial charge >= 0.3 is 6.16 Å². The van der Waals surface area contributed by atoms with Gasteiger partial charge in [0.05, 0.1) is 17.7 Å². The van der Waals surface area contributed by atoms with Crippen LogP contribution in [0.3, 0.4) is 0 Å². The van der Waals surface area contributed by atoms with Gasteiger partial charge in [-0.05, 0) is 69.7 Å². The molecule has 0 aliphatic carbocycles. The lowest BCUT2D eigenvalue weighted by atomic mass is 10.1. The molecule has 0 bridgehead atoms. The minimum atomic E-state index is -0.816. The Kier molecular flexibility index (Phi) is 8.19. The molecule has 35 heavy (non-hydrogen) atoms. The first-order valence-electron chi connectivity index (χ1n) is 11.3. The van der Waals surface area contributed by atoms with Crippen molar-refractivity contribution in [3.8, 4) is 5.75 Å². The van der Waals surface area contributed by atoms with Gasteiger partial charge in [0, 0.05) is 30.3 Å². The van der Waals surface area contributed by atoms with E-state index in [0.29, 0.717) is 30.6 Å². The summed E-state index contributed by atoms with van der Waals surface area (Å²) in [5.74, 6) is -1.19. The maximum absolute atomic E-state index is 12.5. The summed E-state index contributed by atoms with van der Waals surface area (Å²) in [6, 6.07) is 10.2. The van der Waals surface area contributed by atoms with Gasteiger partial charge in [-0.25, -0.2) is 4.79 Å². The summed E-state index contributed by atoms with van der Waals surface area (Å²) in [6.45, 7) is 5.99. The van der Waals surface area contributed by atoms with Crippen LogP contribution in [-0.4, -0.2) is 60.4 Å². The Bertz CT molecular complexity index is 1140. The fourth-order valence-electron chi connectivity index (χ4n) is 3.48. The Morgan fingerprint density at radius 1 is 0.857 bits per heavy atom. The smallest absolute Gasteiger partial charge is 0.434 e. The number of ether oxygens (including phenoxy) is 2. The summed E-state index contributed by atoms with van der Waals surface area (Å²) in [6.07, 6.45) is -0.338. The number of imide groups is 1. The van der Waals surface area contributed by atoms with Crippen LogP contribution in [-0.2, 0) is 4.74 Å². The number of carbonyl (C=O) groups excluding carboxylic acids is 5. The van der Waals surface area contributed by atoms with Crippen LogP contribution < -0.4 is 15.4 Å². The summed E-state index contributed by atoms with van der Waals surface area (Å²) < 4.78 is 9.63. The number of rotatable bonds is 9. The topological polar surface area (TPSA) is 131 Å². The van der Waals surface area contributed by atoms with Crippen LogP contribution >= 0.6 is 0 Å². The SMILES string of the molecule is CCOC(=O)Oc1ccc(C(=O)NCCCNC(=O)c2ccc3c(c2)C(=O)N(C(C)C)C3=O)cc1. The Hall–Kier alpha value is -4.21. The summed E-state index contributed by atoms with van der Waals surface area (Å²) >= 11 is 0. The Labute approximate surface area is 202 Å². The first-order chi connectivity index (χ1) is 16.7. The van der Waals surface area contributed by atoms with Crippen molar-refractivity contribution >= 4 is 29.8 Å². The molecule has 184 valence electrons. The first-order valence-corrected chi connectivity index (χ1v) is 11.3. The van der Waals surface area contributed by atoms with Crippen molar-refractivity contribution in [2.75, 3.05) is 19.7 Å². The molecular formula is C25H27N3O7. The number of carbonyl (C=O) groups is 5. The van der Waals surface area contributed by atoms with E-state index in [9.17, 15) is 24.0 Å². The molecule has 0 radical (unpaired) electrons. The van der Waals surface area contributed by atoms with Crippen LogP contribution in [0.4, 0.5) is 4.79 Å². The fourth-order valence-corrected chi connectivity index (χ4v) is 3.48. The van der Waals surface area contributed by atoms with E-state index in [1.807, 2.05) is 0 Å². The number of amides is 4. The molecule has 1 aliphatic heterocycles. The molecule has 0 fully saturated rings. The van der Waals surface area contributed by atoms with Gasteiger partial charge in [-0.2, -0.15) is 0 Å². The van der Waals surface area contributed by atoms with E-state index in [4.69, 9.17) is 4.74 Å². The second-order valence-electron chi connectivity index (χ2n) is 8.01. The monoisotopic (exact) mass is 481 g/mol. The largest absolute Gasteiger partial charge is 0.513 e. The van der Waals surface area contributed by atoms with Crippen LogP contribution in [0.25, 0.3) is 0 Å². The number of hydrogen-bond donors (Lipinski definition) is 2. The Morgan fingerprint density at radius 2 is 1.43 bits per heavy atom. The average Bonchev–Trinajstić information content (AvgIpc) is 3.08. The summed E-state index contributed by atoms with van der Waals surface area (Å²) in [5.41, 5.74) is 1.19. The third-order valence-electron chi connectivity index (χ3n) is 5.20. The first kappa shape index (κ1) is 25.4. The lowest BCUT2D eigenvalue weighted by Crippen LogP contribution is -2.35. The molecule has 0 spiro atoms. The zero-order valence-electron chi connectivity index (χ0n) is 19.8. The lowest BCUT2D eigenvalue weighted by molar-refractivity contribution is 0.0608. The number of nitrogens with zero attached hydrogens (tertiary/aromatic N) is 1. The van der Waals surface area contributed by atoms with Gasteiger partial charge in [0.1, 0.15) is 5.75 Å². The van der Waals surface area contributed by atoms with Crippen molar-refractivity contribution in [1.29, 1.82) is 0 Å². The molecule has 0 aromatic heterocycles. The molecule has 4 amide bonds. The van der Waals surface area contributed by atoms with Gasteiger partial charge < -0.3 is 20.1 Å². The molecule has 0 unspecified atom stereocenters. The van der Waals surface area contributed by atoms with Gasteiger partial charge in [-0.1, -0.05) is 0 Å². The fraction of sp³-hybridized carbons (Fsp3) is 0.320. The zero-order chi connectivity index (χ0) is 25.5. The average molecular weight is 482 g/mol. The molecule has 3 rings (SSSR count). The quantitative estimate of drug-likeness (QED) is 0.244. The van der Waals surface area contributed by atoms with Crippen molar-refractivity contribution in [3.05, 3.63) is 64.7 Å². The van der Waals surface area contributed by atoms with Crippen LogP contribution in [0, 0.1) is 0 Å². The van der Waals surface area contributed by atoms with Crippen molar-refractivity contribution in [2.24, 2.45) is 0 Å². The molecule has 2 N–H and O–H groups in total. The van der Waals surface area contributed by atoms with Crippen LogP contribution in [0.1, 0.15) is 68.6 Å². The van der Waals surface area contributed by atoms with Crippen molar-refractivity contribution in [3.63, 3.8) is 0 Å². The molecule has 0 atom stereocenters. The molecule has 10 nitrogen and oxygen atoms in total. The van der Waals surface area contributed by atoms with Gasteiger partial charge in [-0.3, -0.25) is 24.1 Å². The summed E-state index contributed by atoms with van der Waals surface area (Å²) in [5, 5.41) is 5.48. The third-order valence-corrected chi connectivity index (χ3v) is 5.20. The maximum atomic E-state index is 12.5. The number of nitrogens with one attached hydrogen (secondary N) is 2. The van der Waals surface area contributed by atoms with Crippen molar-refractivity contribution in [1.82, 2.24) is 15.5 Å². The normalized spacial score (nSPS) is 12.4. The van der Waals surface area contributed by atoms with Gasteiger partial charge in [0.2, 0.25) is 0 Å². The minimum absolute atomic E-state index is 0.199. The van der Waals surface area contributed by atoms with Gasteiger partial charge in [0.25, 0.3) is 23.6 Å². The van der Waals surface area contributed by atoms with Crippen molar-refractivity contribution in [2.45, 2.75) is 33.2 Å². The van der Waals surface area contributed by atoms with Gasteiger partial charge in [-0.15, -0.1) is 0 Å². The third kappa shape index (κ3) is 6.03. The van der Waals surface area contributed by atoms with E-state index in [2.05, 4.69) is 15.4 Å². The molecule has 2 aromatic rings. The lowest BCUT2D eigenvalue weighted by Gasteiger charge is -2.17. The van der Waals surface area contributed by atoms with Crippen LogP contribution in [0.5, 0.6) is 5.75 Å². The van der Waals surface area contributed by atoms with E-state index in [1.165, 1.54) is 47.4 Å². The highest BCUT2D eigenvalue weighted by Crippen LogP contribution is 2.25. The highest BCUT2D eigenvalue weighted by atomic mass is 16.7. The molecular weight excluding hydrogens is 454 g/mol. The summed E-state index contributed by atoms with van der Waals surface area (Å²) in [4.78, 5) is 62.0.